The van der Waals surface area contributed by atoms with E-state index < -0.39 is 18.3 Å². The second-order valence-electron chi connectivity index (χ2n) is 3.03. The van der Waals surface area contributed by atoms with Crippen LogP contribution in [0.5, 0.6) is 0 Å². The summed E-state index contributed by atoms with van der Waals surface area (Å²) >= 11 is 0. The van der Waals surface area contributed by atoms with E-state index in [1.165, 1.54) is 0 Å². The fourth-order valence-electron chi connectivity index (χ4n) is 1.58. The normalized spacial score (nSPS) is 30.2. The molecule has 1 fully saturated rings. The second kappa shape index (κ2) is 4.04. The van der Waals surface area contributed by atoms with Crippen molar-refractivity contribution in [3.8, 4) is 0 Å². The molecule has 1 rings (SSSR count). The number of hydrogen-bond acceptors (Lipinski definition) is 4. The standard InChI is InChI=1S/C8H15NO4/c1-2-13-8(6(11)5-10)3-4-9-7(8)12/h6,10-11H,2-5H2,1H3,(H,9,12)/t6?,8-/m0/s1. The number of aliphatic hydroxyl groups excluding tert-OH is 2. The Bertz CT molecular complexity index is 197. The first-order valence-electron chi connectivity index (χ1n) is 4.38. The van der Waals surface area contributed by atoms with E-state index in [0.717, 1.165) is 0 Å². The summed E-state index contributed by atoms with van der Waals surface area (Å²) in [5.41, 5.74) is -1.23. The molecule has 0 spiro atoms. The summed E-state index contributed by atoms with van der Waals surface area (Å²) in [7, 11) is 0. The number of amides is 1. The molecule has 1 aliphatic rings. The lowest BCUT2D eigenvalue weighted by Crippen LogP contribution is -2.52. The Labute approximate surface area is 76.7 Å². The lowest BCUT2D eigenvalue weighted by Gasteiger charge is -2.29. The maximum Gasteiger partial charge on any atom is 0.255 e. The van der Waals surface area contributed by atoms with Gasteiger partial charge in [-0.05, 0) is 6.92 Å². The molecule has 76 valence electrons. The van der Waals surface area contributed by atoms with Crippen LogP contribution < -0.4 is 5.32 Å². The van der Waals surface area contributed by atoms with Crippen LogP contribution in [0.1, 0.15) is 13.3 Å². The molecule has 1 amide bonds. The third kappa shape index (κ3) is 1.67. The van der Waals surface area contributed by atoms with Gasteiger partial charge < -0.3 is 20.3 Å². The number of nitrogens with one attached hydrogen (secondary N) is 1. The van der Waals surface area contributed by atoms with E-state index in [-0.39, 0.29) is 5.91 Å². The lowest BCUT2D eigenvalue weighted by atomic mass is 9.95. The summed E-state index contributed by atoms with van der Waals surface area (Å²) in [5, 5.41) is 20.8. The number of hydrogen-bond donors (Lipinski definition) is 3. The van der Waals surface area contributed by atoms with Gasteiger partial charge in [0.1, 0.15) is 6.10 Å². The fourth-order valence-corrected chi connectivity index (χ4v) is 1.58. The van der Waals surface area contributed by atoms with Gasteiger partial charge in [-0.1, -0.05) is 0 Å². The minimum Gasteiger partial charge on any atom is -0.394 e. The van der Waals surface area contributed by atoms with Crippen LogP contribution in [-0.4, -0.2) is 47.6 Å². The molecule has 0 aromatic heterocycles. The minimum atomic E-state index is -1.23. The number of carbonyl (C=O) groups is 1. The molecule has 2 atom stereocenters. The van der Waals surface area contributed by atoms with Gasteiger partial charge in [0, 0.05) is 19.6 Å². The summed E-state index contributed by atoms with van der Waals surface area (Å²) in [6.45, 7) is 2.10. The van der Waals surface area contributed by atoms with E-state index in [1.807, 2.05) is 0 Å². The summed E-state index contributed by atoms with van der Waals surface area (Å²) in [4.78, 5) is 11.4. The Morgan fingerprint density at radius 3 is 2.85 bits per heavy atom. The predicted octanol–water partition coefficient (Wildman–Crippen LogP) is -1.37. The smallest absolute Gasteiger partial charge is 0.255 e. The summed E-state index contributed by atoms with van der Waals surface area (Å²) in [5.74, 6) is -0.337. The number of rotatable bonds is 4. The highest BCUT2D eigenvalue weighted by atomic mass is 16.5. The molecule has 5 nitrogen and oxygen atoms in total. The number of carbonyl (C=O) groups excluding carboxylic acids is 1. The SMILES string of the molecule is CCO[C@]1(C(O)CO)CCNC1=O. The summed E-state index contributed by atoms with van der Waals surface area (Å²) in [6.07, 6.45) is -0.739. The van der Waals surface area contributed by atoms with Crippen LogP contribution >= 0.6 is 0 Å². The van der Waals surface area contributed by atoms with E-state index in [1.54, 1.807) is 6.92 Å². The van der Waals surface area contributed by atoms with Crippen molar-refractivity contribution in [3.05, 3.63) is 0 Å². The molecule has 0 aromatic rings. The van der Waals surface area contributed by atoms with Crippen molar-refractivity contribution < 1.29 is 19.7 Å². The van der Waals surface area contributed by atoms with Gasteiger partial charge in [-0.3, -0.25) is 4.79 Å². The Hall–Kier alpha value is -0.650. The van der Waals surface area contributed by atoms with Crippen molar-refractivity contribution in [2.45, 2.75) is 25.0 Å². The summed E-state index contributed by atoms with van der Waals surface area (Å²) in [6, 6.07) is 0. The van der Waals surface area contributed by atoms with Crippen molar-refractivity contribution in [3.63, 3.8) is 0 Å². The van der Waals surface area contributed by atoms with E-state index in [4.69, 9.17) is 9.84 Å². The molecule has 0 bridgehead atoms. The highest BCUT2D eigenvalue weighted by Gasteiger charge is 2.49. The van der Waals surface area contributed by atoms with Crippen LogP contribution in [-0.2, 0) is 9.53 Å². The lowest BCUT2D eigenvalue weighted by molar-refractivity contribution is -0.162. The van der Waals surface area contributed by atoms with Crippen LogP contribution in [0, 0.1) is 0 Å². The maximum atomic E-state index is 11.4. The monoisotopic (exact) mass is 189 g/mol. The van der Waals surface area contributed by atoms with Gasteiger partial charge in [0.05, 0.1) is 6.61 Å². The van der Waals surface area contributed by atoms with Crippen molar-refractivity contribution in [1.82, 2.24) is 5.32 Å². The quantitative estimate of drug-likeness (QED) is 0.510. The van der Waals surface area contributed by atoms with Gasteiger partial charge >= 0.3 is 0 Å². The molecule has 0 aliphatic carbocycles. The van der Waals surface area contributed by atoms with Crippen LogP contribution in [0.2, 0.25) is 0 Å². The van der Waals surface area contributed by atoms with Crippen LogP contribution in [0.4, 0.5) is 0 Å². The molecule has 0 radical (unpaired) electrons. The van der Waals surface area contributed by atoms with Crippen molar-refractivity contribution >= 4 is 5.91 Å². The zero-order valence-corrected chi connectivity index (χ0v) is 7.62. The van der Waals surface area contributed by atoms with Crippen LogP contribution in [0.3, 0.4) is 0 Å². The molecule has 0 saturated carbocycles. The molecular formula is C8H15NO4. The van der Waals surface area contributed by atoms with E-state index >= 15 is 0 Å². The average molecular weight is 189 g/mol. The number of ether oxygens (including phenoxy) is 1. The largest absolute Gasteiger partial charge is 0.394 e. The van der Waals surface area contributed by atoms with E-state index in [2.05, 4.69) is 5.32 Å². The first-order valence-corrected chi connectivity index (χ1v) is 4.38. The molecule has 13 heavy (non-hydrogen) atoms. The van der Waals surface area contributed by atoms with Gasteiger partial charge in [-0.2, -0.15) is 0 Å². The molecule has 1 unspecified atom stereocenters. The molecule has 0 aromatic carbocycles. The Morgan fingerprint density at radius 2 is 2.46 bits per heavy atom. The molecule has 1 saturated heterocycles. The van der Waals surface area contributed by atoms with Crippen molar-refractivity contribution in [2.75, 3.05) is 19.8 Å². The van der Waals surface area contributed by atoms with Gasteiger partial charge in [0.25, 0.3) is 5.91 Å². The van der Waals surface area contributed by atoms with Gasteiger partial charge in [-0.25, -0.2) is 0 Å². The zero-order chi connectivity index (χ0) is 9.90. The number of aliphatic hydroxyl groups is 2. The van der Waals surface area contributed by atoms with Crippen molar-refractivity contribution in [1.29, 1.82) is 0 Å². The average Bonchev–Trinajstić information content (AvgIpc) is 2.48. The van der Waals surface area contributed by atoms with E-state index in [9.17, 15) is 9.90 Å². The Morgan fingerprint density at radius 1 is 1.77 bits per heavy atom. The van der Waals surface area contributed by atoms with Crippen LogP contribution in [0.25, 0.3) is 0 Å². The maximum absolute atomic E-state index is 11.4. The Kier molecular flexibility index (Phi) is 3.24. The molecule has 1 heterocycles. The molecule has 3 N–H and O–H groups in total. The predicted molar refractivity (Wildman–Crippen MR) is 45.1 cm³/mol. The molecule has 1 aliphatic heterocycles. The Balaban J connectivity index is 2.79. The fraction of sp³-hybridized carbons (Fsp3) is 0.875. The summed E-state index contributed by atoms with van der Waals surface area (Å²) < 4.78 is 5.23. The molecular weight excluding hydrogens is 174 g/mol. The van der Waals surface area contributed by atoms with Crippen molar-refractivity contribution in [2.24, 2.45) is 0 Å². The third-order valence-electron chi connectivity index (χ3n) is 2.28. The zero-order valence-electron chi connectivity index (χ0n) is 7.62. The van der Waals surface area contributed by atoms with E-state index in [0.29, 0.717) is 19.6 Å². The van der Waals surface area contributed by atoms with Gasteiger partial charge in [0.2, 0.25) is 0 Å². The topological polar surface area (TPSA) is 78.8 Å². The van der Waals surface area contributed by atoms with Crippen LogP contribution in [0.15, 0.2) is 0 Å². The van der Waals surface area contributed by atoms with Gasteiger partial charge in [-0.15, -0.1) is 0 Å². The first kappa shape index (κ1) is 10.4. The minimum absolute atomic E-state index is 0.337. The second-order valence-corrected chi connectivity index (χ2v) is 3.03. The highest BCUT2D eigenvalue weighted by Crippen LogP contribution is 2.25. The molecule has 5 heteroatoms. The highest BCUT2D eigenvalue weighted by molar-refractivity contribution is 5.88. The first-order chi connectivity index (χ1) is 6.17. The van der Waals surface area contributed by atoms with Gasteiger partial charge in [0.15, 0.2) is 5.60 Å². The third-order valence-corrected chi connectivity index (χ3v) is 2.28.